The Morgan fingerprint density at radius 1 is 0.167 bits per heavy atom. The van der Waals surface area contributed by atoms with Gasteiger partial charge in [-0.3, -0.25) is 57.5 Å². The van der Waals surface area contributed by atoms with Crippen molar-refractivity contribution >= 4 is 73.0 Å². The highest BCUT2D eigenvalue weighted by atomic mass is 16.1. The lowest BCUT2D eigenvalue weighted by Gasteiger charge is -1.32. The minimum absolute atomic E-state index is 0.500. The third-order valence-corrected chi connectivity index (χ3v) is 0. The molecule has 0 unspecified atom stereocenters. The Bertz CT molecular complexity index is 567. The minimum Gasteiger partial charge on any atom is -0.724 e. The van der Waals surface area contributed by atoms with Crippen molar-refractivity contribution in [3.63, 3.8) is 0 Å². The zero-order valence-electron chi connectivity index (χ0n) is 16.3. The van der Waals surface area contributed by atoms with Crippen molar-refractivity contribution < 1.29 is 57.5 Å². The molecular formula is C12N12O12-12. The molecule has 0 N–H and O–H groups in total. The van der Waals surface area contributed by atoms with Gasteiger partial charge in [0, 0.05) is 0 Å². The maximum atomic E-state index is 8.24. The second-order valence-electron chi connectivity index (χ2n) is 1.10. The van der Waals surface area contributed by atoms with Crippen LogP contribution in [0.15, 0.2) is 0 Å². The highest BCUT2D eigenvalue weighted by Crippen LogP contribution is 0.981. The van der Waals surface area contributed by atoms with Gasteiger partial charge in [0.25, 0.3) is 0 Å². The van der Waals surface area contributed by atoms with Crippen LogP contribution in [0.4, 0.5) is 0 Å². The highest BCUT2D eigenvalue weighted by molar-refractivity contribution is 5.39. The van der Waals surface area contributed by atoms with E-state index in [0.717, 1.165) is 0 Å². The molecule has 0 heterocycles. The van der Waals surface area contributed by atoms with E-state index in [0.29, 0.717) is 73.0 Å². The first-order chi connectivity index (χ1) is 17.0. The fourth-order valence-corrected chi connectivity index (χ4v) is 0. The summed E-state index contributed by atoms with van der Waals surface area (Å²) in [6.07, 6.45) is 6.00. The topological polar surface area (TPSA) is 472 Å². The molecule has 0 atom stereocenters. The van der Waals surface area contributed by atoms with Crippen LogP contribution in [0.3, 0.4) is 0 Å². The van der Waals surface area contributed by atoms with E-state index in [4.69, 9.17) is 122 Å². The van der Waals surface area contributed by atoms with Crippen LogP contribution in [0, 0.1) is 0 Å². The molecular weight excluding hydrogens is 504 g/mol. The first-order valence-corrected chi connectivity index (χ1v) is 5.13. The number of nitrogens with zero attached hydrogens (tertiary/aromatic N) is 12. The molecule has 0 saturated heterocycles. The molecule has 0 aromatic rings. The monoisotopic (exact) mass is 504 g/mol. The van der Waals surface area contributed by atoms with Gasteiger partial charge in [-0.1, -0.05) is 0 Å². The fourth-order valence-electron chi connectivity index (χ4n) is 0. The number of isocyanates is 12. The standard InChI is InChI=1S/12CNO/c12*2-1-3/q12*-1. The second-order valence-corrected chi connectivity index (χ2v) is 1.10. The van der Waals surface area contributed by atoms with Gasteiger partial charge in [0.15, 0.2) is 0 Å². The smallest absolute Gasteiger partial charge is 0.0159 e. The first kappa shape index (κ1) is 79.1. The molecule has 0 amide bonds. The zero-order valence-corrected chi connectivity index (χ0v) is 16.3. The summed E-state index contributed by atoms with van der Waals surface area (Å²) in [5.74, 6) is 0. The van der Waals surface area contributed by atoms with Crippen molar-refractivity contribution in [3.8, 4) is 0 Å². The molecule has 0 rings (SSSR count). The van der Waals surface area contributed by atoms with Gasteiger partial charge in [-0.15, -0.1) is 0 Å². The molecule has 0 aliphatic carbocycles. The van der Waals surface area contributed by atoms with Crippen molar-refractivity contribution in [2.75, 3.05) is 0 Å². The summed E-state index contributed by atoms with van der Waals surface area (Å²) in [6.45, 7) is 0. The van der Waals surface area contributed by atoms with Gasteiger partial charge in [0.1, 0.15) is 0 Å². The fraction of sp³-hybridized carbons (Fsp3) is 0. The van der Waals surface area contributed by atoms with Crippen LogP contribution in [0.25, 0.3) is 64.9 Å². The van der Waals surface area contributed by atoms with Gasteiger partial charge in [-0.2, -0.15) is 0 Å². The van der Waals surface area contributed by atoms with Crippen molar-refractivity contribution in [2.24, 2.45) is 0 Å². The van der Waals surface area contributed by atoms with Gasteiger partial charge in [-0.05, 0) is 73.0 Å². The summed E-state index contributed by atoms with van der Waals surface area (Å²) in [4.78, 5) is 98.8. The molecule has 24 heteroatoms. The molecule has 0 aliphatic heterocycles. The molecule has 0 aromatic heterocycles. The van der Waals surface area contributed by atoms with Gasteiger partial charge >= 0.3 is 0 Å². The van der Waals surface area contributed by atoms with Crippen LogP contribution in [-0.2, 0) is 57.5 Å². The first-order valence-electron chi connectivity index (χ1n) is 5.13. The Hall–Kier alpha value is -7.44. The Morgan fingerprint density at radius 3 is 0.167 bits per heavy atom. The van der Waals surface area contributed by atoms with Gasteiger partial charge in [0.2, 0.25) is 0 Å². The quantitative estimate of drug-likeness (QED) is 0.274. The van der Waals surface area contributed by atoms with E-state index >= 15 is 0 Å². The van der Waals surface area contributed by atoms with Crippen LogP contribution in [-0.4, -0.2) is 73.0 Å². The summed E-state index contributed by atoms with van der Waals surface area (Å²) in [7, 11) is 0. The van der Waals surface area contributed by atoms with E-state index in [1.54, 1.807) is 0 Å². The van der Waals surface area contributed by atoms with Crippen LogP contribution in [0.5, 0.6) is 0 Å². The third-order valence-electron chi connectivity index (χ3n) is 0. The molecule has 0 bridgehead atoms. The van der Waals surface area contributed by atoms with Crippen LogP contribution in [0.2, 0.25) is 0 Å². The summed E-state index contributed by atoms with van der Waals surface area (Å²) in [5, 5.41) is 81.2. The summed E-state index contributed by atoms with van der Waals surface area (Å²) >= 11 is 0. The molecule has 0 aromatic carbocycles. The van der Waals surface area contributed by atoms with E-state index in [-0.39, 0.29) is 0 Å². The van der Waals surface area contributed by atoms with Gasteiger partial charge < -0.3 is 64.9 Å². The van der Waals surface area contributed by atoms with E-state index in [1.807, 2.05) is 0 Å². The largest absolute Gasteiger partial charge is 0.724 e. The molecule has 192 valence electrons. The Balaban J connectivity index is -0.0000000175. The Labute approximate surface area is 196 Å². The molecule has 0 spiro atoms. The van der Waals surface area contributed by atoms with Gasteiger partial charge in [0.05, 0.1) is 0 Å². The molecule has 36 heavy (non-hydrogen) atoms. The molecule has 24 nitrogen and oxygen atoms in total. The molecule has 0 radical (unpaired) electrons. The number of hydrogen-bond donors (Lipinski definition) is 0. The minimum atomic E-state index is 0.500. The van der Waals surface area contributed by atoms with E-state index in [2.05, 4.69) is 0 Å². The van der Waals surface area contributed by atoms with E-state index in [1.165, 1.54) is 0 Å². The average molecular weight is 504 g/mol. The van der Waals surface area contributed by atoms with E-state index in [9.17, 15) is 0 Å². The van der Waals surface area contributed by atoms with Gasteiger partial charge in [-0.25, -0.2) is 0 Å². The molecule has 0 saturated carbocycles. The van der Waals surface area contributed by atoms with Crippen molar-refractivity contribution in [3.05, 3.63) is 64.9 Å². The molecule has 0 aliphatic rings. The number of hydrogen-bond acceptors (Lipinski definition) is 12. The van der Waals surface area contributed by atoms with Crippen LogP contribution in [0.1, 0.15) is 0 Å². The van der Waals surface area contributed by atoms with Crippen molar-refractivity contribution in [2.45, 2.75) is 0 Å². The SMILES string of the molecule is [N-]=C=O.[N-]=C=O.[N-]=C=O.[N-]=C=O.[N-]=C=O.[N-]=C=O.[N-]=C=O.[N-]=C=O.[N-]=C=O.[N-]=C=O.[N-]=C=O.[N-]=C=O. The normalized spacial score (nSPS) is 2.67. The van der Waals surface area contributed by atoms with Crippen molar-refractivity contribution in [1.82, 2.24) is 0 Å². The predicted molar refractivity (Wildman–Crippen MR) is 109 cm³/mol. The Kier molecular flexibility index (Phi) is 2050. The van der Waals surface area contributed by atoms with Crippen LogP contribution < -0.4 is 0 Å². The third kappa shape index (κ3) is 313. The average Bonchev–Trinajstić information content (AvgIpc) is 2.75. The summed E-state index contributed by atoms with van der Waals surface area (Å²) in [6, 6.07) is 0. The highest BCUT2D eigenvalue weighted by Gasteiger charge is 0.821. The molecule has 0 fully saturated rings. The number of carbonyl (C=O) groups excluding carboxylic acids is 12. The second kappa shape index (κ2) is 935. The van der Waals surface area contributed by atoms with Crippen LogP contribution >= 0.6 is 0 Å². The summed E-state index contributed by atoms with van der Waals surface area (Å²) in [5.41, 5.74) is 0. The lowest BCUT2D eigenvalue weighted by Crippen LogP contribution is -1.13. The lowest BCUT2D eigenvalue weighted by molar-refractivity contribution is 0.568. The zero-order chi connectivity index (χ0) is 32.5. The maximum absolute atomic E-state index is 8.24. The predicted octanol–water partition coefficient (Wildman–Crippen LogP) is -1.30. The van der Waals surface area contributed by atoms with Crippen molar-refractivity contribution in [1.29, 1.82) is 0 Å². The maximum Gasteiger partial charge on any atom is -0.0159 e. The van der Waals surface area contributed by atoms with E-state index < -0.39 is 0 Å². The lowest BCUT2D eigenvalue weighted by atomic mass is 11.7. The Morgan fingerprint density at radius 2 is 0.167 bits per heavy atom. The summed E-state index contributed by atoms with van der Waals surface area (Å²) < 4.78 is 0. The number of rotatable bonds is 0.